The van der Waals surface area contributed by atoms with Gasteiger partial charge in [-0.15, -0.1) is 0 Å². The number of hydrogen-bond acceptors (Lipinski definition) is 6. The second kappa shape index (κ2) is 8.56. The first-order valence-corrected chi connectivity index (χ1v) is 13.1. The first kappa shape index (κ1) is 25.6. The van der Waals surface area contributed by atoms with Gasteiger partial charge in [0.15, 0.2) is 0 Å². The van der Waals surface area contributed by atoms with E-state index in [1.807, 2.05) is 6.08 Å². The molecule has 33 heavy (non-hydrogen) atoms. The molecule has 4 saturated carbocycles. The second-order valence-corrected chi connectivity index (χ2v) is 12.9. The fourth-order valence-corrected chi connectivity index (χ4v) is 8.93. The van der Waals surface area contributed by atoms with E-state index in [0.717, 1.165) is 19.3 Å². The molecule has 4 aliphatic carbocycles. The van der Waals surface area contributed by atoms with E-state index in [1.165, 1.54) is 0 Å². The van der Waals surface area contributed by atoms with Gasteiger partial charge in [0.1, 0.15) is 0 Å². The van der Waals surface area contributed by atoms with Crippen LogP contribution >= 0.6 is 0 Å². The van der Waals surface area contributed by atoms with Gasteiger partial charge in [-0.25, -0.2) is 0 Å². The molecular weight excluding hydrogens is 420 g/mol. The second-order valence-electron chi connectivity index (χ2n) is 12.9. The average molecular weight is 467 g/mol. The third-order valence-electron chi connectivity index (χ3n) is 10.9. The number of fused-ring (bicyclic) bond motifs is 5. The third kappa shape index (κ3) is 3.93. The lowest BCUT2D eigenvalue weighted by Gasteiger charge is -2.65. The predicted molar refractivity (Wildman–Crippen MR) is 126 cm³/mol. The van der Waals surface area contributed by atoms with Gasteiger partial charge in [-0.2, -0.15) is 0 Å². The summed E-state index contributed by atoms with van der Waals surface area (Å²) in [5.41, 5.74) is -2.88. The molecular formula is C27H46O6. The van der Waals surface area contributed by atoms with Crippen LogP contribution in [0.4, 0.5) is 0 Å². The third-order valence-corrected chi connectivity index (χ3v) is 10.9. The molecule has 0 amide bonds. The van der Waals surface area contributed by atoms with E-state index in [1.54, 1.807) is 6.92 Å². The van der Waals surface area contributed by atoms with Crippen molar-refractivity contribution in [1.82, 2.24) is 0 Å². The Kier molecular flexibility index (Phi) is 6.64. The molecule has 4 aliphatic rings. The van der Waals surface area contributed by atoms with Crippen molar-refractivity contribution >= 4 is 0 Å². The van der Waals surface area contributed by atoms with Gasteiger partial charge in [-0.1, -0.05) is 32.9 Å². The summed E-state index contributed by atoms with van der Waals surface area (Å²) in [7, 11) is 0. The summed E-state index contributed by atoms with van der Waals surface area (Å²) in [6.45, 7) is 7.95. The first-order valence-electron chi connectivity index (χ1n) is 13.1. The van der Waals surface area contributed by atoms with Crippen molar-refractivity contribution in [1.29, 1.82) is 0 Å². The minimum Gasteiger partial charge on any atom is -0.393 e. The Bertz CT molecular complexity index is 753. The van der Waals surface area contributed by atoms with E-state index in [0.29, 0.717) is 31.6 Å². The van der Waals surface area contributed by atoms with Crippen molar-refractivity contribution < 1.29 is 30.6 Å². The maximum absolute atomic E-state index is 11.6. The molecule has 0 aliphatic heterocycles. The Balaban J connectivity index is 1.58. The van der Waals surface area contributed by atoms with Gasteiger partial charge < -0.3 is 30.6 Å². The molecule has 0 aromatic heterocycles. The number of allylic oxidation sites excluding steroid dienone is 1. The molecule has 0 radical (unpaired) electrons. The summed E-state index contributed by atoms with van der Waals surface area (Å²) in [5, 5.41) is 63.8. The molecule has 0 aromatic rings. The van der Waals surface area contributed by atoms with Crippen LogP contribution in [0.25, 0.3) is 0 Å². The molecule has 6 N–H and O–H groups in total. The molecule has 6 nitrogen and oxygen atoms in total. The van der Waals surface area contributed by atoms with Crippen molar-refractivity contribution in [2.45, 2.75) is 109 Å². The number of rotatable bonds is 5. The summed E-state index contributed by atoms with van der Waals surface area (Å²) in [5.74, 6) is 1.00. The highest BCUT2D eigenvalue weighted by Crippen LogP contribution is 2.69. The zero-order valence-electron chi connectivity index (χ0n) is 20.8. The van der Waals surface area contributed by atoms with E-state index in [4.69, 9.17) is 0 Å². The molecule has 4 fully saturated rings. The Morgan fingerprint density at radius 3 is 2.45 bits per heavy atom. The standard InChI is InChI=1S/C27H46O6/c1-16(6-5-9-24(2,32)15-28)20-13-21(30)23-18-12-22(31)27(33)14-17(29)7-11-26(27,4)19(18)8-10-25(20,23)3/h5-6,16-23,28-33H,7-15H2,1-4H3. The van der Waals surface area contributed by atoms with Crippen LogP contribution < -0.4 is 0 Å². The smallest absolute Gasteiger partial charge is 0.0985 e. The normalized spacial score (nSPS) is 52.6. The van der Waals surface area contributed by atoms with Gasteiger partial charge >= 0.3 is 0 Å². The lowest BCUT2D eigenvalue weighted by atomic mass is 9.42. The van der Waals surface area contributed by atoms with Crippen LogP contribution in [-0.4, -0.2) is 66.8 Å². The maximum Gasteiger partial charge on any atom is 0.0985 e. The Morgan fingerprint density at radius 1 is 1.09 bits per heavy atom. The quantitative estimate of drug-likeness (QED) is 0.346. The first-order chi connectivity index (χ1) is 15.3. The number of aliphatic hydroxyl groups excluding tert-OH is 4. The molecule has 0 bridgehead atoms. The van der Waals surface area contributed by atoms with Crippen LogP contribution in [0.2, 0.25) is 0 Å². The van der Waals surface area contributed by atoms with Gasteiger partial charge in [0.2, 0.25) is 0 Å². The molecule has 4 rings (SSSR count). The fraction of sp³-hybridized carbons (Fsp3) is 0.926. The highest BCUT2D eigenvalue weighted by molar-refractivity contribution is 5.19. The minimum absolute atomic E-state index is 0.0520. The van der Waals surface area contributed by atoms with E-state index >= 15 is 0 Å². The van der Waals surface area contributed by atoms with Gasteiger partial charge in [-0.05, 0) is 86.9 Å². The summed E-state index contributed by atoms with van der Waals surface area (Å²) in [6, 6.07) is 0. The van der Waals surface area contributed by atoms with E-state index in [9.17, 15) is 30.6 Å². The van der Waals surface area contributed by atoms with Crippen LogP contribution in [0.5, 0.6) is 0 Å². The van der Waals surface area contributed by atoms with Gasteiger partial charge in [0.25, 0.3) is 0 Å². The summed E-state index contributed by atoms with van der Waals surface area (Å²) in [4.78, 5) is 0. The van der Waals surface area contributed by atoms with Gasteiger partial charge in [0.05, 0.1) is 36.1 Å². The van der Waals surface area contributed by atoms with Gasteiger partial charge in [-0.3, -0.25) is 0 Å². The fourth-order valence-electron chi connectivity index (χ4n) is 8.93. The molecule has 0 aromatic carbocycles. The van der Waals surface area contributed by atoms with E-state index in [-0.39, 0.29) is 42.1 Å². The van der Waals surface area contributed by atoms with Crippen LogP contribution in [0.3, 0.4) is 0 Å². The molecule has 0 spiro atoms. The van der Waals surface area contributed by atoms with Crippen LogP contribution in [0.1, 0.15) is 79.1 Å². The predicted octanol–water partition coefficient (Wildman–Crippen LogP) is 2.39. The average Bonchev–Trinajstić information content (AvgIpc) is 3.01. The van der Waals surface area contributed by atoms with Crippen molar-refractivity contribution in [2.24, 2.45) is 40.4 Å². The largest absolute Gasteiger partial charge is 0.393 e. The zero-order chi connectivity index (χ0) is 24.4. The van der Waals surface area contributed by atoms with E-state index in [2.05, 4.69) is 26.8 Å². The highest BCUT2D eigenvalue weighted by Gasteiger charge is 2.68. The minimum atomic E-state index is -1.26. The molecule has 190 valence electrons. The van der Waals surface area contributed by atoms with E-state index < -0.39 is 34.9 Å². The summed E-state index contributed by atoms with van der Waals surface area (Å²) in [6.07, 6.45) is 7.35. The Labute approximate surface area is 198 Å². The van der Waals surface area contributed by atoms with Crippen LogP contribution in [0, 0.1) is 40.4 Å². The van der Waals surface area contributed by atoms with Crippen molar-refractivity contribution in [3.63, 3.8) is 0 Å². The highest BCUT2D eigenvalue weighted by atomic mass is 16.3. The van der Waals surface area contributed by atoms with Gasteiger partial charge in [0, 0.05) is 11.8 Å². The maximum atomic E-state index is 11.6. The number of aliphatic hydroxyl groups is 6. The molecule has 12 unspecified atom stereocenters. The molecule has 6 heteroatoms. The Hall–Kier alpha value is -0.500. The van der Waals surface area contributed by atoms with Crippen molar-refractivity contribution in [3.05, 3.63) is 12.2 Å². The molecule has 0 heterocycles. The lowest BCUT2D eigenvalue weighted by molar-refractivity contribution is -0.268. The number of hydrogen-bond donors (Lipinski definition) is 6. The Morgan fingerprint density at radius 2 is 1.79 bits per heavy atom. The topological polar surface area (TPSA) is 121 Å². The van der Waals surface area contributed by atoms with Crippen molar-refractivity contribution in [2.75, 3.05) is 6.61 Å². The van der Waals surface area contributed by atoms with Crippen LogP contribution in [-0.2, 0) is 0 Å². The SMILES string of the molecule is CC(C=CCC(C)(O)CO)C1CC(O)C2C3CC(O)C4(O)CC(O)CCC4(C)C3CCC12C. The summed E-state index contributed by atoms with van der Waals surface area (Å²) < 4.78 is 0. The monoisotopic (exact) mass is 466 g/mol. The molecule has 0 saturated heterocycles. The summed E-state index contributed by atoms with van der Waals surface area (Å²) >= 11 is 0. The lowest BCUT2D eigenvalue weighted by Crippen LogP contribution is -2.69. The zero-order valence-corrected chi connectivity index (χ0v) is 20.8. The molecule has 12 atom stereocenters. The van der Waals surface area contributed by atoms with Crippen LogP contribution in [0.15, 0.2) is 12.2 Å². The van der Waals surface area contributed by atoms with Crippen molar-refractivity contribution in [3.8, 4) is 0 Å².